The first kappa shape index (κ1) is 12.4. The number of rotatable bonds is 4. The lowest BCUT2D eigenvalue weighted by Crippen LogP contribution is -2.25. The van der Waals surface area contributed by atoms with Crippen LogP contribution in [0.2, 0.25) is 0 Å². The van der Waals surface area contributed by atoms with Gasteiger partial charge in [-0.1, -0.05) is 23.8 Å². The molecule has 1 aromatic carbocycles. The molecule has 3 heteroatoms. The molecule has 0 bridgehead atoms. The molecule has 0 aliphatic heterocycles. The van der Waals surface area contributed by atoms with Gasteiger partial charge in [0, 0.05) is 6.54 Å². The van der Waals surface area contributed by atoms with Crippen LogP contribution in [0.4, 0.5) is 0 Å². The summed E-state index contributed by atoms with van der Waals surface area (Å²) in [6.45, 7) is 4.78. The van der Waals surface area contributed by atoms with Gasteiger partial charge < -0.3 is 9.73 Å². The Morgan fingerprint density at radius 3 is 2.83 bits per heavy atom. The summed E-state index contributed by atoms with van der Waals surface area (Å²) in [5.41, 5.74) is 3.77. The highest BCUT2D eigenvalue weighted by Crippen LogP contribution is 2.10. The molecule has 0 unspecified atom stereocenters. The van der Waals surface area contributed by atoms with Crippen molar-refractivity contribution in [1.29, 1.82) is 0 Å². The number of benzene rings is 1. The SMILES string of the molecule is Cc1ccc(C)c(CCNC(=O)c2ccco2)c1. The number of furan rings is 1. The Kier molecular flexibility index (Phi) is 3.82. The first-order valence-corrected chi connectivity index (χ1v) is 6.04. The minimum Gasteiger partial charge on any atom is -0.459 e. The van der Waals surface area contributed by atoms with E-state index in [1.165, 1.54) is 23.0 Å². The summed E-state index contributed by atoms with van der Waals surface area (Å²) in [7, 11) is 0. The van der Waals surface area contributed by atoms with Gasteiger partial charge in [-0.3, -0.25) is 4.79 Å². The normalized spacial score (nSPS) is 10.3. The molecule has 0 fully saturated rings. The van der Waals surface area contributed by atoms with Crippen LogP contribution in [0.1, 0.15) is 27.2 Å². The number of hydrogen-bond acceptors (Lipinski definition) is 2. The molecular formula is C15H17NO2. The Bertz CT molecular complexity index is 529. The molecule has 0 atom stereocenters. The standard InChI is InChI=1S/C15H17NO2/c1-11-5-6-12(2)13(10-11)7-8-16-15(17)14-4-3-9-18-14/h3-6,9-10H,7-8H2,1-2H3,(H,16,17). The lowest BCUT2D eigenvalue weighted by atomic mass is 10.0. The van der Waals surface area contributed by atoms with Crippen molar-refractivity contribution in [1.82, 2.24) is 5.32 Å². The van der Waals surface area contributed by atoms with Crippen LogP contribution >= 0.6 is 0 Å². The Labute approximate surface area is 107 Å². The van der Waals surface area contributed by atoms with Gasteiger partial charge in [0.25, 0.3) is 5.91 Å². The van der Waals surface area contributed by atoms with E-state index in [-0.39, 0.29) is 5.91 Å². The van der Waals surface area contributed by atoms with Gasteiger partial charge >= 0.3 is 0 Å². The fourth-order valence-corrected chi connectivity index (χ4v) is 1.88. The summed E-state index contributed by atoms with van der Waals surface area (Å²) in [5.74, 6) is 0.196. The lowest BCUT2D eigenvalue weighted by Gasteiger charge is -2.07. The molecule has 94 valence electrons. The molecular weight excluding hydrogens is 226 g/mol. The van der Waals surface area contributed by atoms with E-state index in [0.717, 1.165) is 6.42 Å². The Morgan fingerprint density at radius 1 is 1.28 bits per heavy atom. The Morgan fingerprint density at radius 2 is 2.11 bits per heavy atom. The maximum atomic E-state index is 11.6. The smallest absolute Gasteiger partial charge is 0.286 e. The molecule has 3 nitrogen and oxygen atoms in total. The molecule has 0 radical (unpaired) electrons. The summed E-state index contributed by atoms with van der Waals surface area (Å²) in [5, 5.41) is 2.85. The van der Waals surface area contributed by atoms with Crippen LogP contribution in [-0.2, 0) is 6.42 Å². The second-order valence-electron chi connectivity index (χ2n) is 4.41. The van der Waals surface area contributed by atoms with Crippen LogP contribution in [0.3, 0.4) is 0 Å². The van der Waals surface area contributed by atoms with Crippen LogP contribution in [0.15, 0.2) is 41.0 Å². The average molecular weight is 243 g/mol. The number of hydrogen-bond donors (Lipinski definition) is 1. The molecule has 0 saturated carbocycles. The topological polar surface area (TPSA) is 42.2 Å². The van der Waals surface area contributed by atoms with Crippen LogP contribution in [0, 0.1) is 13.8 Å². The van der Waals surface area contributed by atoms with Gasteiger partial charge in [-0.25, -0.2) is 0 Å². The van der Waals surface area contributed by atoms with E-state index in [0.29, 0.717) is 12.3 Å². The van der Waals surface area contributed by atoms with E-state index in [1.807, 2.05) is 0 Å². The fourth-order valence-electron chi connectivity index (χ4n) is 1.88. The largest absolute Gasteiger partial charge is 0.459 e. The van der Waals surface area contributed by atoms with Gasteiger partial charge in [-0.05, 0) is 43.5 Å². The first-order valence-electron chi connectivity index (χ1n) is 6.04. The molecule has 2 rings (SSSR count). The molecule has 1 aromatic heterocycles. The highest BCUT2D eigenvalue weighted by molar-refractivity contribution is 5.91. The molecule has 0 saturated heterocycles. The summed E-state index contributed by atoms with van der Waals surface area (Å²) < 4.78 is 5.03. The maximum absolute atomic E-state index is 11.6. The zero-order valence-electron chi connectivity index (χ0n) is 10.7. The van der Waals surface area contributed by atoms with E-state index in [1.54, 1.807) is 12.1 Å². The van der Waals surface area contributed by atoms with Gasteiger partial charge in [-0.15, -0.1) is 0 Å². The van der Waals surface area contributed by atoms with Crippen molar-refractivity contribution >= 4 is 5.91 Å². The second kappa shape index (κ2) is 5.54. The van der Waals surface area contributed by atoms with E-state index in [4.69, 9.17) is 4.42 Å². The maximum Gasteiger partial charge on any atom is 0.286 e. The third-order valence-electron chi connectivity index (χ3n) is 2.93. The molecule has 0 aliphatic rings. The predicted molar refractivity (Wildman–Crippen MR) is 70.7 cm³/mol. The van der Waals surface area contributed by atoms with Gasteiger partial charge in [0.15, 0.2) is 5.76 Å². The van der Waals surface area contributed by atoms with Crippen LogP contribution < -0.4 is 5.32 Å². The second-order valence-corrected chi connectivity index (χ2v) is 4.41. The molecule has 0 spiro atoms. The van der Waals surface area contributed by atoms with Crippen molar-refractivity contribution in [2.45, 2.75) is 20.3 Å². The van der Waals surface area contributed by atoms with E-state index < -0.39 is 0 Å². The van der Waals surface area contributed by atoms with Gasteiger partial charge in [0.1, 0.15) is 0 Å². The van der Waals surface area contributed by atoms with Crippen molar-refractivity contribution in [3.05, 3.63) is 59.0 Å². The van der Waals surface area contributed by atoms with Crippen molar-refractivity contribution in [3.63, 3.8) is 0 Å². The zero-order chi connectivity index (χ0) is 13.0. The van der Waals surface area contributed by atoms with Gasteiger partial charge in [-0.2, -0.15) is 0 Å². The summed E-state index contributed by atoms with van der Waals surface area (Å²) >= 11 is 0. The predicted octanol–water partition coefficient (Wildman–Crippen LogP) is 2.87. The number of carbonyl (C=O) groups excluding carboxylic acids is 1. The molecule has 18 heavy (non-hydrogen) atoms. The molecule has 1 amide bonds. The summed E-state index contributed by atoms with van der Waals surface area (Å²) in [6.07, 6.45) is 2.33. The number of aryl methyl sites for hydroxylation is 2. The van der Waals surface area contributed by atoms with Gasteiger partial charge in [0.05, 0.1) is 6.26 Å². The van der Waals surface area contributed by atoms with Crippen molar-refractivity contribution in [3.8, 4) is 0 Å². The number of carbonyl (C=O) groups is 1. The Balaban J connectivity index is 1.89. The first-order chi connectivity index (χ1) is 8.66. The van der Waals surface area contributed by atoms with Crippen molar-refractivity contribution in [2.75, 3.05) is 6.54 Å². The third kappa shape index (κ3) is 3.00. The quantitative estimate of drug-likeness (QED) is 0.897. The van der Waals surface area contributed by atoms with E-state index in [9.17, 15) is 4.79 Å². The lowest BCUT2D eigenvalue weighted by molar-refractivity contribution is 0.0926. The number of nitrogens with one attached hydrogen (secondary N) is 1. The van der Waals surface area contributed by atoms with Crippen LogP contribution in [0.25, 0.3) is 0 Å². The minimum atomic E-state index is -0.162. The summed E-state index contributed by atoms with van der Waals surface area (Å²) in [6, 6.07) is 9.74. The molecule has 0 aliphatic carbocycles. The van der Waals surface area contributed by atoms with E-state index >= 15 is 0 Å². The molecule has 2 aromatic rings. The van der Waals surface area contributed by atoms with Crippen LogP contribution in [-0.4, -0.2) is 12.5 Å². The fraction of sp³-hybridized carbons (Fsp3) is 0.267. The van der Waals surface area contributed by atoms with Crippen molar-refractivity contribution < 1.29 is 9.21 Å². The van der Waals surface area contributed by atoms with Gasteiger partial charge in [0.2, 0.25) is 0 Å². The molecule has 1 heterocycles. The average Bonchev–Trinajstić information content (AvgIpc) is 2.87. The Hall–Kier alpha value is -2.03. The monoisotopic (exact) mass is 243 g/mol. The minimum absolute atomic E-state index is 0.162. The number of amides is 1. The highest BCUT2D eigenvalue weighted by atomic mass is 16.3. The van der Waals surface area contributed by atoms with Crippen LogP contribution in [0.5, 0.6) is 0 Å². The van der Waals surface area contributed by atoms with E-state index in [2.05, 4.69) is 37.4 Å². The summed E-state index contributed by atoms with van der Waals surface area (Å²) in [4.78, 5) is 11.6. The highest BCUT2D eigenvalue weighted by Gasteiger charge is 2.07. The molecule has 1 N–H and O–H groups in total. The third-order valence-corrected chi connectivity index (χ3v) is 2.93. The zero-order valence-corrected chi connectivity index (χ0v) is 10.7. The van der Waals surface area contributed by atoms with Crippen molar-refractivity contribution in [2.24, 2.45) is 0 Å².